The molecule has 0 aromatic carbocycles. The molecule has 3 aliphatic heterocycles. The third kappa shape index (κ3) is 4.11. The highest BCUT2D eigenvalue weighted by molar-refractivity contribution is 7.19. The maximum Gasteiger partial charge on any atom is 0.224 e. The van der Waals surface area contributed by atoms with Gasteiger partial charge in [0, 0.05) is 56.2 Å². The molecule has 3 saturated heterocycles. The summed E-state index contributed by atoms with van der Waals surface area (Å²) in [4.78, 5) is 17.6. The molecule has 0 saturated carbocycles. The second-order valence-corrected chi connectivity index (χ2v) is 9.74. The SMILES string of the molecule is OC[C@@H]1CN(Cc2cc3nc(Cl)nc(N4CCOCC4)c3s2)CC[C@@H]1N1CCC1. The third-order valence-electron chi connectivity index (χ3n) is 6.44. The number of fused-ring (bicyclic) bond motifs is 1. The Kier molecular flexibility index (Phi) is 5.91. The molecule has 0 bridgehead atoms. The summed E-state index contributed by atoms with van der Waals surface area (Å²) in [6.07, 6.45) is 2.44. The number of aliphatic hydroxyl groups is 1. The van der Waals surface area contributed by atoms with Crippen molar-refractivity contribution in [3.63, 3.8) is 0 Å². The van der Waals surface area contributed by atoms with E-state index in [1.54, 1.807) is 11.3 Å². The van der Waals surface area contributed by atoms with E-state index in [1.807, 2.05) is 0 Å². The second-order valence-electron chi connectivity index (χ2n) is 8.27. The zero-order valence-electron chi connectivity index (χ0n) is 16.6. The molecule has 2 aromatic rings. The summed E-state index contributed by atoms with van der Waals surface area (Å²) in [5.74, 6) is 1.28. The average molecular weight is 438 g/mol. The molecule has 0 aliphatic carbocycles. The van der Waals surface area contributed by atoms with Gasteiger partial charge >= 0.3 is 0 Å². The van der Waals surface area contributed by atoms with Gasteiger partial charge in [-0.25, -0.2) is 4.98 Å². The number of halogens is 1. The molecule has 3 aliphatic rings. The number of aromatic nitrogens is 2. The monoisotopic (exact) mass is 437 g/mol. The molecule has 9 heteroatoms. The molecule has 0 spiro atoms. The predicted octanol–water partition coefficient (Wildman–Crippen LogP) is 2.07. The smallest absolute Gasteiger partial charge is 0.224 e. The van der Waals surface area contributed by atoms with Crippen molar-refractivity contribution in [2.45, 2.75) is 25.4 Å². The standard InChI is InChI=1S/C20H28ClN5O2S/c21-20-22-16-10-15(29-18(16)19(23-20)26-6-8-28-9-7-26)12-24-5-2-17(14(11-24)13-27)25-3-1-4-25/h10,14,17,27H,1-9,11-13H2/t14-,17-/m0/s1. The number of likely N-dealkylation sites (tertiary alicyclic amines) is 2. The van der Waals surface area contributed by atoms with Crippen molar-refractivity contribution in [3.05, 3.63) is 16.2 Å². The molecular weight excluding hydrogens is 410 g/mol. The van der Waals surface area contributed by atoms with Gasteiger partial charge in [0.15, 0.2) is 5.82 Å². The summed E-state index contributed by atoms with van der Waals surface area (Å²) >= 11 is 8.00. The second kappa shape index (κ2) is 8.61. The van der Waals surface area contributed by atoms with Crippen molar-refractivity contribution in [3.8, 4) is 0 Å². The van der Waals surface area contributed by atoms with E-state index in [9.17, 15) is 5.11 Å². The Morgan fingerprint density at radius 2 is 2.00 bits per heavy atom. The number of aliphatic hydroxyl groups excluding tert-OH is 1. The van der Waals surface area contributed by atoms with Crippen molar-refractivity contribution in [1.82, 2.24) is 19.8 Å². The molecule has 5 rings (SSSR count). The number of rotatable bonds is 5. The van der Waals surface area contributed by atoms with Gasteiger partial charge in [0.1, 0.15) is 0 Å². The zero-order valence-corrected chi connectivity index (χ0v) is 18.2. The molecule has 0 amide bonds. The Hall–Kier alpha value is -1.03. The molecule has 1 N–H and O–H groups in total. The maximum absolute atomic E-state index is 9.94. The van der Waals surface area contributed by atoms with Gasteiger partial charge in [-0.1, -0.05) is 0 Å². The van der Waals surface area contributed by atoms with Gasteiger partial charge in [-0.15, -0.1) is 11.3 Å². The first-order chi connectivity index (χ1) is 14.2. The van der Waals surface area contributed by atoms with E-state index in [2.05, 4.69) is 30.7 Å². The fourth-order valence-corrected chi connectivity index (χ4v) is 6.12. The Morgan fingerprint density at radius 1 is 1.17 bits per heavy atom. The van der Waals surface area contributed by atoms with Gasteiger partial charge in [0.05, 0.1) is 23.4 Å². The van der Waals surface area contributed by atoms with Crippen LogP contribution in [0.3, 0.4) is 0 Å². The van der Waals surface area contributed by atoms with Crippen LogP contribution in [0, 0.1) is 5.92 Å². The minimum atomic E-state index is 0.270. The molecule has 7 nitrogen and oxygen atoms in total. The Balaban J connectivity index is 1.33. The minimum absolute atomic E-state index is 0.270. The molecule has 3 fully saturated rings. The van der Waals surface area contributed by atoms with Gasteiger partial charge in [0.25, 0.3) is 0 Å². The van der Waals surface area contributed by atoms with Gasteiger partial charge in [-0.3, -0.25) is 9.80 Å². The van der Waals surface area contributed by atoms with Gasteiger partial charge in [-0.2, -0.15) is 4.98 Å². The largest absolute Gasteiger partial charge is 0.396 e. The van der Waals surface area contributed by atoms with E-state index in [0.717, 1.165) is 68.4 Å². The molecule has 5 heterocycles. The predicted molar refractivity (Wildman–Crippen MR) is 116 cm³/mol. The lowest BCUT2D eigenvalue weighted by Crippen LogP contribution is -2.55. The first-order valence-corrected chi connectivity index (χ1v) is 11.8. The van der Waals surface area contributed by atoms with Crippen molar-refractivity contribution in [2.24, 2.45) is 5.92 Å². The number of thiophene rings is 1. The molecular formula is C20H28ClN5O2S. The lowest BCUT2D eigenvalue weighted by atomic mass is 9.89. The van der Waals surface area contributed by atoms with Gasteiger partial charge < -0.3 is 14.7 Å². The van der Waals surface area contributed by atoms with Crippen LogP contribution in [0.4, 0.5) is 5.82 Å². The first kappa shape index (κ1) is 19.9. The van der Waals surface area contributed by atoms with Crippen LogP contribution in [0.5, 0.6) is 0 Å². The van der Waals surface area contributed by atoms with Crippen LogP contribution in [-0.4, -0.2) is 90.0 Å². The number of hydrogen-bond donors (Lipinski definition) is 1. The molecule has 2 atom stereocenters. The van der Waals surface area contributed by atoms with E-state index < -0.39 is 0 Å². The topological polar surface area (TPSA) is 65.0 Å². The van der Waals surface area contributed by atoms with E-state index in [-0.39, 0.29) is 6.61 Å². The summed E-state index contributed by atoms with van der Waals surface area (Å²) in [6, 6.07) is 2.71. The van der Waals surface area contributed by atoms with Crippen molar-refractivity contribution < 1.29 is 9.84 Å². The van der Waals surface area contributed by atoms with Crippen LogP contribution in [-0.2, 0) is 11.3 Å². The van der Waals surface area contributed by atoms with Crippen LogP contribution in [0.2, 0.25) is 5.28 Å². The maximum atomic E-state index is 9.94. The molecule has 0 radical (unpaired) electrons. The highest BCUT2D eigenvalue weighted by Gasteiger charge is 2.35. The van der Waals surface area contributed by atoms with E-state index in [4.69, 9.17) is 16.3 Å². The first-order valence-electron chi connectivity index (χ1n) is 10.6. The van der Waals surface area contributed by atoms with Crippen LogP contribution in [0.25, 0.3) is 10.2 Å². The average Bonchev–Trinajstić information content (AvgIpc) is 3.09. The summed E-state index contributed by atoms with van der Waals surface area (Å²) < 4.78 is 6.59. The van der Waals surface area contributed by atoms with Crippen LogP contribution < -0.4 is 4.90 Å². The van der Waals surface area contributed by atoms with Crippen LogP contribution >= 0.6 is 22.9 Å². The summed E-state index contributed by atoms with van der Waals surface area (Å²) in [5, 5.41) is 10.2. The lowest BCUT2D eigenvalue weighted by molar-refractivity contribution is -0.00293. The lowest BCUT2D eigenvalue weighted by Gasteiger charge is -2.47. The van der Waals surface area contributed by atoms with Gasteiger partial charge in [-0.05, 0) is 43.6 Å². The normalized spacial score (nSPS) is 26.8. The molecule has 0 unspecified atom stereocenters. The third-order valence-corrected chi connectivity index (χ3v) is 7.71. The summed E-state index contributed by atoms with van der Waals surface area (Å²) in [5.41, 5.74) is 0.931. The molecule has 2 aromatic heterocycles. The van der Waals surface area contributed by atoms with Crippen molar-refractivity contribution >= 4 is 39.0 Å². The number of nitrogens with zero attached hydrogens (tertiary/aromatic N) is 5. The van der Waals surface area contributed by atoms with E-state index in [1.165, 1.54) is 24.4 Å². The highest BCUT2D eigenvalue weighted by atomic mass is 35.5. The fraction of sp³-hybridized carbons (Fsp3) is 0.700. The van der Waals surface area contributed by atoms with Crippen molar-refractivity contribution in [2.75, 3.05) is 64.0 Å². The highest BCUT2D eigenvalue weighted by Crippen LogP contribution is 2.35. The zero-order chi connectivity index (χ0) is 19.8. The minimum Gasteiger partial charge on any atom is -0.396 e. The van der Waals surface area contributed by atoms with Crippen LogP contribution in [0.15, 0.2) is 6.07 Å². The number of anilines is 1. The van der Waals surface area contributed by atoms with E-state index >= 15 is 0 Å². The summed E-state index contributed by atoms with van der Waals surface area (Å²) in [7, 11) is 0. The molecule has 158 valence electrons. The number of ether oxygens (including phenoxy) is 1. The quantitative estimate of drug-likeness (QED) is 0.718. The van der Waals surface area contributed by atoms with Crippen molar-refractivity contribution in [1.29, 1.82) is 0 Å². The Bertz CT molecular complexity index is 855. The van der Waals surface area contributed by atoms with Gasteiger partial charge in [0.2, 0.25) is 5.28 Å². The Morgan fingerprint density at radius 3 is 2.72 bits per heavy atom. The fourth-order valence-electron chi connectivity index (χ4n) is 4.80. The van der Waals surface area contributed by atoms with E-state index in [0.29, 0.717) is 17.2 Å². The van der Waals surface area contributed by atoms with Crippen LogP contribution in [0.1, 0.15) is 17.7 Å². The Labute approximate surface area is 180 Å². The summed E-state index contributed by atoms with van der Waals surface area (Å²) in [6.45, 7) is 8.68. The molecule has 29 heavy (non-hydrogen) atoms. The number of morpholine rings is 1. The number of piperidine rings is 1. The number of hydrogen-bond acceptors (Lipinski definition) is 8.